The quantitative estimate of drug-likeness (QED) is 0.521. The van der Waals surface area contributed by atoms with Gasteiger partial charge in [-0.25, -0.2) is 0 Å². The van der Waals surface area contributed by atoms with E-state index in [9.17, 15) is 18.0 Å². The summed E-state index contributed by atoms with van der Waals surface area (Å²) in [4.78, 5) is 13.2. The number of carbonyl (C=O) groups excluding carboxylic acids is 1. The van der Waals surface area contributed by atoms with Crippen LogP contribution in [0.1, 0.15) is 23.2 Å². The van der Waals surface area contributed by atoms with E-state index in [4.69, 9.17) is 29.6 Å². The average molecular weight is 548 g/mol. The first-order chi connectivity index (χ1) is 15.0. The van der Waals surface area contributed by atoms with Gasteiger partial charge in [-0.2, -0.15) is 18.3 Å². The summed E-state index contributed by atoms with van der Waals surface area (Å²) in [6, 6.07) is 4.36. The molecule has 11 heteroatoms. The number of allylic oxidation sites excluding steroid dienone is 3. The number of halogens is 5. The lowest BCUT2D eigenvalue weighted by Gasteiger charge is -2.22. The van der Waals surface area contributed by atoms with Crippen molar-refractivity contribution in [3.05, 3.63) is 68.4 Å². The Morgan fingerprint density at radius 3 is 2.75 bits per heavy atom. The molecule has 5 nitrogen and oxygen atoms in total. The molecule has 1 amide bonds. The van der Waals surface area contributed by atoms with Crippen LogP contribution in [0.5, 0.6) is 0 Å². The van der Waals surface area contributed by atoms with E-state index in [1.807, 2.05) is 0 Å². The molecule has 1 aliphatic rings. The van der Waals surface area contributed by atoms with Gasteiger partial charge < -0.3 is 11.1 Å². The molecule has 0 radical (unpaired) electrons. The molecule has 0 saturated carbocycles. The fourth-order valence-electron chi connectivity index (χ4n) is 3.39. The van der Waals surface area contributed by atoms with Gasteiger partial charge in [-0.1, -0.05) is 42.0 Å². The van der Waals surface area contributed by atoms with Crippen molar-refractivity contribution in [1.29, 1.82) is 0 Å². The SMILES string of the molecule is Cn1ncc(Br)c1C1=C(Cl)C=C(C(=O)N[C@H](CN)Cc2cccc(C(F)(F)F)c2)C(=S)C1. The minimum absolute atomic E-state index is 0.0405. The number of thiocarbonyl (C=S) groups is 1. The third-order valence-corrected chi connectivity index (χ3v) is 6.26. The zero-order valence-corrected chi connectivity index (χ0v) is 20.0. The largest absolute Gasteiger partial charge is 0.416 e. The van der Waals surface area contributed by atoms with Crippen molar-refractivity contribution in [3.8, 4) is 0 Å². The maximum Gasteiger partial charge on any atom is 0.416 e. The highest BCUT2D eigenvalue weighted by molar-refractivity contribution is 9.10. The Bertz CT molecular complexity index is 1110. The van der Waals surface area contributed by atoms with Gasteiger partial charge in [0, 0.05) is 41.5 Å². The Balaban J connectivity index is 1.78. The minimum Gasteiger partial charge on any atom is -0.348 e. The van der Waals surface area contributed by atoms with Crippen LogP contribution in [0.25, 0.3) is 5.57 Å². The average Bonchev–Trinajstić information content (AvgIpc) is 3.06. The van der Waals surface area contributed by atoms with Crippen molar-refractivity contribution in [3.63, 3.8) is 0 Å². The van der Waals surface area contributed by atoms with Crippen LogP contribution in [-0.2, 0) is 24.4 Å². The molecule has 170 valence electrons. The van der Waals surface area contributed by atoms with E-state index >= 15 is 0 Å². The number of rotatable bonds is 6. The van der Waals surface area contributed by atoms with Gasteiger partial charge in [0.05, 0.1) is 27.5 Å². The number of nitrogens with two attached hydrogens (primary N) is 1. The molecule has 32 heavy (non-hydrogen) atoms. The Morgan fingerprint density at radius 2 is 2.16 bits per heavy atom. The van der Waals surface area contributed by atoms with E-state index in [1.54, 1.807) is 24.0 Å². The third-order valence-electron chi connectivity index (χ3n) is 4.98. The van der Waals surface area contributed by atoms with Crippen molar-refractivity contribution in [2.45, 2.75) is 25.1 Å². The Kier molecular flexibility index (Phi) is 7.59. The van der Waals surface area contributed by atoms with Crippen molar-refractivity contribution in [2.24, 2.45) is 12.8 Å². The summed E-state index contributed by atoms with van der Waals surface area (Å²) in [6.45, 7) is 0.0405. The van der Waals surface area contributed by atoms with Crippen LogP contribution in [0.15, 0.2) is 51.6 Å². The predicted molar refractivity (Wildman–Crippen MR) is 125 cm³/mol. The molecule has 0 spiro atoms. The molecule has 1 aliphatic carbocycles. The van der Waals surface area contributed by atoms with Crippen molar-refractivity contribution >= 4 is 56.1 Å². The lowest BCUT2D eigenvalue weighted by Crippen LogP contribution is -2.43. The monoisotopic (exact) mass is 546 g/mol. The lowest BCUT2D eigenvalue weighted by molar-refractivity contribution is -0.137. The fraction of sp³-hybridized carbons (Fsp3) is 0.286. The van der Waals surface area contributed by atoms with Crippen LogP contribution in [0.2, 0.25) is 0 Å². The molecule has 0 fully saturated rings. The predicted octanol–water partition coefficient (Wildman–Crippen LogP) is 4.54. The van der Waals surface area contributed by atoms with Crippen molar-refractivity contribution in [1.82, 2.24) is 15.1 Å². The first kappa shape index (κ1) is 24.6. The van der Waals surface area contributed by atoms with Crippen LogP contribution >= 0.6 is 39.7 Å². The molecule has 1 atom stereocenters. The Labute approximate surface area is 201 Å². The number of alkyl halides is 3. The van der Waals surface area contributed by atoms with Crippen LogP contribution in [0.4, 0.5) is 13.2 Å². The molecule has 3 N–H and O–H groups in total. The number of nitrogens with zero attached hydrogens (tertiary/aromatic N) is 2. The molecule has 0 aliphatic heterocycles. The number of amides is 1. The van der Waals surface area contributed by atoms with E-state index in [2.05, 4.69) is 26.3 Å². The summed E-state index contributed by atoms with van der Waals surface area (Å²) in [5, 5.41) is 7.28. The van der Waals surface area contributed by atoms with E-state index < -0.39 is 23.7 Å². The summed E-state index contributed by atoms with van der Waals surface area (Å²) in [5.74, 6) is -0.473. The maximum atomic E-state index is 13.0. The number of carbonyl (C=O) groups is 1. The highest BCUT2D eigenvalue weighted by Gasteiger charge is 2.31. The lowest BCUT2D eigenvalue weighted by atomic mass is 9.94. The second kappa shape index (κ2) is 9.86. The maximum absolute atomic E-state index is 13.0. The van der Waals surface area contributed by atoms with Crippen LogP contribution in [0.3, 0.4) is 0 Å². The van der Waals surface area contributed by atoms with Crippen LogP contribution in [0, 0.1) is 0 Å². The fourth-order valence-corrected chi connectivity index (χ4v) is 4.54. The molecule has 0 bridgehead atoms. The van der Waals surface area contributed by atoms with Gasteiger partial charge in [0.1, 0.15) is 0 Å². The summed E-state index contributed by atoms with van der Waals surface area (Å²) in [6.07, 6.45) is -0.897. The molecule has 1 heterocycles. The zero-order chi connectivity index (χ0) is 23.6. The topological polar surface area (TPSA) is 72.9 Å². The molecule has 2 aromatic rings. The Morgan fingerprint density at radius 1 is 1.44 bits per heavy atom. The van der Waals surface area contributed by atoms with E-state index in [1.165, 1.54) is 12.1 Å². The first-order valence-electron chi connectivity index (χ1n) is 9.49. The Hall–Kier alpha value is -2.01. The van der Waals surface area contributed by atoms with E-state index in [-0.39, 0.29) is 25.0 Å². The molecule has 3 rings (SSSR count). The number of benzene rings is 1. The molecule has 0 saturated heterocycles. The summed E-state index contributed by atoms with van der Waals surface area (Å²) >= 11 is 15.3. The summed E-state index contributed by atoms with van der Waals surface area (Å²) < 4.78 is 41.3. The zero-order valence-electron chi connectivity index (χ0n) is 16.8. The summed E-state index contributed by atoms with van der Waals surface area (Å²) in [7, 11) is 1.77. The normalized spacial score (nSPS) is 15.6. The molecule has 0 unspecified atom stereocenters. The number of aryl methyl sites for hydroxylation is 1. The van der Waals surface area contributed by atoms with Crippen molar-refractivity contribution in [2.75, 3.05) is 6.54 Å². The summed E-state index contributed by atoms with van der Waals surface area (Å²) in [5.41, 5.74) is 7.16. The first-order valence-corrected chi connectivity index (χ1v) is 11.1. The molecular weight excluding hydrogens is 529 g/mol. The standard InChI is InChI=1S/C21H19BrClF3N4OS/c1-30-19(16(22)10-28-30)14-8-18(32)15(7-17(14)23)20(31)29-13(9-27)6-11-3-2-4-12(5-11)21(24,25)26/h2-5,7,10,13H,6,8-9,27H2,1H3,(H,29,31)/t13-/m0/s1. The van der Waals surface area contributed by atoms with Crippen molar-refractivity contribution < 1.29 is 18.0 Å². The number of nitrogens with one attached hydrogen (secondary N) is 1. The van der Waals surface area contributed by atoms with Gasteiger partial charge >= 0.3 is 6.18 Å². The third kappa shape index (κ3) is 5.48. The molecule has 1 aromatic heterocycles. The van der Waals surface area contributed by atoms with E-state index in [0.717, 1.165) is 27.9 Å². The highest BCUT2D eigenvalue weighted by Crippen LogP contribution is 2.36. The second-order valence-corrected chi connectivity index (χ2v) is 9.01. The smallest absolute Gasteiger partial charge is 0.348 e. The van der Waals surface area contributed by atoms with Gasteiger partial charge in [0.25, 0.3) is 5.91 Å². The van der Waals surface area contributed by atoms with Crippen LogP contribution in [-0.4, -0.2) is 33.1 Å². The molecular formula is C21H19BrClF3N4OS. The number of aromatic nitrogens is 2. The minimum atomic E-state index is -4.44. The second-order valence-electron chi connectivity index (χ2n) is 7.26. The van der Waals surface area contributed by atoms with Gasteiger partial charge in [-0.05, 0) is 40.1 Å². The highest BCUT2D eigenvalue weighted by atomic mass is 79.9. The molecule has 1 aromatic carbocycles. The number of hydrogen-bond donors (Lipinski definition) is 2. The van der Waals surface area contributed by atoms with Gasteiger partial charge in [0.15, 0.2) is 0 Å². The number of hydrogen-bond acceptors (Lipinski definition) is 4. The van der Waals surface area contributed by atoms with Gasteiger partial charge in [0.2, 0.25) is 0 Å². The van der Waals surface area contributed by atoms with E-state index in [0.29, 0.717) is 15.5 Å². The van der Waals surface area contributed by atoms with Gasteiger partial charge in [-0.3, -0.25) is 9.48 Å². The van der Waals surface area contributed by atoms with Crippen LogP contribution < -0.4 is 11.1 Å². The van der Waals surface area contributed by atoms with Gasteiger partial charge in [-0.15, -0.1) is 0 Å².